The van der Waals surface area contributed by atoms with Crippen LogP contribution in [0, 0.1) is 34.5 Å². The quantitative estimate of drug-likeness (QED) is 0.288. The zero-order chi connectivity index (χ0) is 25.1. The van der Waals surface area contributed by atoms with E-state index >= 15 is 0 Å². The summed E-state index contributed by atoms with van der Waals surface area (Å²) < 4.78 is 12.7. The lowest BCUT2D eigenvalue weighted by atomic mass is 9.49. The molecule has 0 amide bonds. The molecule has 7 atom stereocenters. The van der Waals surface area contributed by atoms with Gasteiger partial charge in [0.2, 0.25) is 8.32 Å². The van der Waals surface area contributed by atoms with Crippen LogP contribution in [0.3, 0.4) is 0 Å². The summed E-state index contributed by atoms with van der Waals surface area (Å²) in [4.78, 5) is 18.6. The highest BCUT2D eigenvalue weighted by Crippen LogP contribution is 2.63. The van der Waals surface area contributed by atoms with Gasteiger partial charge in [-0.15, -0.1) is 0 Å². The van der Waals surface area contributed by atoms with Crippen LogP contribution in [0.15, 0.2) is 4.99 Å². The molecule has 5 heteroatoms. The number of carbonyl (C=O) groups excluding carboxylic acids is 1. The summed E-state index contributed by atoms with van der Waals surface area (Å²) in [5, 5.41) is 0. The normalized spacial score (nSPS) is 40.1. The Morgan fingerprint density at radius 2 is 1.65 bits per heavy atom. The fourth-order valence-corrected chi connectivity index (χ4v) is 15.2. The molecule has 1 heterocycles. The predicted octanol–water partition coefficient (Wildman–Crippen LogP) is 7.42. The minimum atomic E-state index is -2.12. The van der Waals surface area contributed by atoms with E-state index in [0.717, 1.165) is 25.3 Å². The Labute approximate surface area is 210 Å². The van der Waals surface area contributed by atoms with Gasteiger partial charge in [-0.05, 0) is 71.9 Å². The number of fused-ring (bicyclic) bond motifs is 5. The average molecular weight is 490 g/mol. The Morgan fingerprint density at radius 1 is 1.00 bits per heavy atom. The molecule has 0 N–H and O–H groups in total. The van der Waals surface area contributed by atoms with Crippen molar-refractivity contribution in [2.45, 2.75) is 123 Å². The largest absolute Gasteiger partial charge is 0.469 e. The fraction of sp³-hybridized carbons (Fsp3) is 0.931. The molecule has 0 spiro atoms. The lowest BCUT2D eigenvalue weighted by Crippen LogP contribution is -2.59. The van der Waals surface area contributed by atoms with Crippen LogP contribution in [0.2, 0.25) is 16.6 Å². The summed E-state index contributed by atoms with van der Waals surface area (Å²) in [6.45, 7) is 19.9. The van der Waals surface area contributed by atoms with Gasteiger partial charge in [-0.25, -0.2) is 0 Å². The van der Waals surface area contributed by atoms with Crippen LogP contribution in [-0.2, 0) is 14.0 Å². The number of aliphatic imine (C=N–C) groups is 1. The maximum Gasteiger partial charge on any atom is 0.311 e. The van der Waals surface area contributed by atoms with Crippen LogP contribution in [0.25, 0.3) is 0 Å². The highest BCUT2D eigenvalue weighted by molar-refractivity contribution is 6.77. The number of rotatable bonds is 6. The molecule has 194 valence electrons. The van der Waals surface area contributed by atoms with E-state index in [1.54, 1.807) is 7.11 Å². The van der Waals surface area contributed by atoms with Gasteiger partial charge in [0, 0.05) is 24.1 Å². The molecule has 3 aliphatic carbocycles. The Morgan fingerprint density at radius 3 is 2.24 bits per heavy atom. The van der Waals surface area contributed by atoms with Gasteiger partial charge >= 0.3 is 5.97 Å². The van der Waals surface area contributed by atoms with Gasteiger partial charge in [0.25, 0.3) is 0 Å². The Hall–Kier alpha value is -0.683. The Bertz CT molecular complexity index is 785. The van der Waals surface area contributed by atoms with Gasteiger partial charge in [0.05, 0.1) is 19.1 Å². The molecule has 4 rings (SSSR count). The fourth-order valence-electron chi connectivity index (χ4n) is 9.61. The van der Waals surface area contributed by atoms with Crippen LogP contribution in [0.5, 0.6) is 0 Å². The topological polar surface area (TPSA) is 47.9 Å². The second-order valence-corrected chi connectivity index (χ2v) is 19.1. The smallest absolute Gasteiger partial charge is 0.311 e. The third-order valence-electron chi connectivity index (χ3n) is 11.2. The number of ether oxygens (including phenoxy) is 1. The molecule has 0 aromatic rings. The third kappa shape index (κ3) is 3.95. The van der Waals surface area contributed by atoms with Gasteiger partial charge in [-0.3, -0.25) is 9.79 Å². The van der Waals surface area contributed by atoms with Gasteiger partial charge in [0.15, 0.2) is 0 Å². The van der Waals surface area contributed by atoms with Gasteiger partial charge in [-0.1, -0.05) is 61.8 Å². The number of hydrogen-bond donors (Lipinski definition) is 0. The maximum absolute atomic E-state index is 13.3. The molecule has 4 nitrogen and oxygen atoms in total. The summed E-state index contributed by atoms with van der Waals surface area (Å²) in [5.74, 6) is 1.87. The highest BCUT2D eigenvalue weighted by Gasteiger charge is 2.60. The van der Waals surface area contributed by atoms with Crippen molar-refractivity contribution >= 4 is 20.0 Å². The molecule has 0 radical (unpaired) electrons. The van der Waals surface area contributed by atoms with Crippen LogP contribution >= 0.6 is 0 Å². The molecular formula is C29H51NO3Si. The van der Waals surface area contributed by atoms with Crippen molar-refractivity contribution in [2.24, 2.45) is 39.5 Å². The van der Waals surface area contributed by atoms with Crippen molar-refractivity contribution in [1.29, 1.82) is 0 Å². The zero-order valence-corrected chi connectivity index (χ0v) is 24.4. The molecule has 0 aromatic heterocycles. The van der Waals surface area contributed by atoms with E-state index in [9.17, 15) is 4.79 Å². The zero-order valence-electron chi connectivity index (χ0n) is 23.4. The molecule has 0 saturated heterocycles. The van der Waals surface area contributed by atoms with E-state index in [4.69, 9.17) is 14.2 Å². The highest BCUT2D eigenvalue weighted by atomic mass is 28.4. The summed E-state index contributed by atoms with van der Waals surface area (Å²) in [6, 6.07) is 0. The Balaban J connectivity index is 1.68. The molecule has 3 saturated carbocycles. The Kier molecular flexibility index (Phi) is 7.23. The predicted molar refractivity (Wildman–Crippen MR) is 143 cm³/mol. The van der Waals surface area contributed by atoms with Gasteiger partial charge in [-0.2, -0.15) is 0 Å². The first-order chi connectivity index (χ1) is 15.9. The summed E-state index contributed by atoms with van der Waals surface area (Å²) >= 11 is 0. The molecular weight excluding hydrogens is 438 g/mol. The van der Waals surface area contributed by atoms with Crippen molar-refractivity contribution in [3.05, 3.63) is 0 Å². The third-order valence-corrected chi connectivity index (χ3v) is 17.4. The number of nitrogens with zero attached hydrogens (tertiary/aromatic N) is 1. The van der Waals surface area contributed by atoms with Crippen molar-refractivity contribution < 1.29 is 14.0 Å². The van der Waals surface area contributed by atoms with Crippen molar-refractivity contribution in [1.82, 2.24) is 0 Å². The molecule has 4 aliphatic rings. The van der Waals surface area contributed by atoms with E-state index in [2.05, 4.69) is 55.4 Å². The van der Waals surface area contributed by atoms with Gasteiger partial charge < -0.3 is 9.16 Å². The monoisotopic (exact) mass is 489 g/mol. The summed E-state index contributed by atoms with van der Waals surface area (Å²) in [5.41, 5.74) is 3.35. The number of methoxy groups -OCH3 is 1. The standard InChI is InChI=1S/C29H51NO3Si/c1-18(2)34(19(3)4,20(5)6)33-25-15-26-29(8,16-21(25)27(31)32-9)24-12-14-28(7)13-10-11-23(28)22(24)17-30-26/h18-25H,10-17H2,1-9H3/t21?,22-,23-,24+,25?,28-,29+/m0/s1. The molecule has 34 heavy (non-hydrogen) atoms. The van der Waals surface area contributed by atoms with Crippen LogP contribution in [0.4, 0.5) is 0 Å². The minimum Gasteiger partial charge on any atom is -0.469 e. The lowest BCUT2D eigenvalue weighted by molar-refractivity contribution is -0.152. The van der Waals surface area contributed by atoms with E-state index in [1.807, 2.05) is 0 Å². The van der Waals surface area contributed by atoms with E-state index in [-0.39, 0.29) is 23.4 Å². The maximum atomic E-state index is 13.3. The molecule has 0 aromatic carbocycles. The van der Waals surface area contributed by atoms with E-state index < -0.39 is 8.32 Å². The molecule has 2 unspecified atom stereocenters. The molecule has 1 aliphatic heterocycles. The average Bonchev–Trinajstić information content (AvgIpc) is 3.17. The van der Waals surface area contributed by atoms with Crippen molar-refractivity contribution in [3.8, 4) is 0 Å². The number of carbonyl (C=O) groups is 1. The summed E-state index contributed by atoms with van der Waals surface area (Å²) in [6.07, 6.45) is 8.32. The SMILES string of the molecule is COC(=O)C1C[C@@]2(C)C(=NC[C@@H]3[C@H]2CC[C@]2(C)CCC[C@@H]32)CC1O[Si](C(C)C)(C(C)C)C(C)C. The minimum absolute atomic E-state index is 0.00324. The second-order valence-electron chi connectivity index (χ2n) is 13.7. The van der Waals surface area contributed by atoms with Gasteiger partial charge in [0.1, 0.15) is 0 Å². The first-order valence-corrected chi connectivity index (χ1v) is 16.3. The summed E-state index contributed by atoms with van der Waals surface area (Å²) in [7, 11) is -0.568. The van der Waals surface area contributed by atoms with Crippen molar-refractivity contribution in [3.63, 3.8) is 0 Å². The molecule has 0 bridgehead atoms. The van der Waals surface area contributed by atoms with Crippen LogP contribution < -0.4 is 0 Å². The molecule has 3 fully saturated rings. The first kappa shape index (κ1) is 26.4. The van der Waals surface area contributed by atoms with Crippen molar-refractivity contribution in [2.75, 3.05) is 13.7 Å². The number of esters is 1. The van der Waals surface area contributed by atoms with E-state index in [0.29, 0.717) is 33.9 Å². The number of hydrogen-bond acceptors (Lipinski definition) is 4. The van der Waals surface area contributed by atoms with E-state index in [1.165, 1.54) is 37.8 Å². The van der Waals surface area contributed by atoms with Crippen LogP contribution in [0.1, 0.15) is 100 Å². The van der Waals surface area contributed by atoms with Crippen LogP contribution in [-0.4, -0.2) is 39.8 Å². The first-order valence-electron chi connectivity index (χ1n) is 14.2. The lowest BCUT2D eigenvalue weighted by Gasteiger charge is -2.58. The second kappa shape index (κ2) is 9.32.